The quantitative estimate of drug-likeness (QED) is 0.894. The molecule has 0 bridgehead atoms. The van der Waals surface area contributed by atoms with Gasteiger partial charge < -0.3 is 4.90 Å². The van der Waals surface area contributed by atoms with Gasteiger partial charge in [0.25, 0.3) is 0 Å². The van der Waals surface area contributed by atoms with Crippen LogP contribution in [0.1, 0.15) is 109 Å². The fourth-order valence-corrected chi connectivity index (χ4v) is 6.29. The van der Waals surface area contributed by atoms with E-state index < -0.39 is 0 Å². The van der Waals surface area contributed by atoms with Crippen molar-refractivity contribution in [3.63, 3.8) is 0 Å². The number of hydrogen-bond acceptors (Lipinski definition) is 3. The van der Waals surface area contributed by atoms with Crippen LogP contribution in [0.15, 0.2) is 0 Å². The SMILES string of the molecule is CC(C)[C@@H](c1nnnn1C1CCCCC1)[NH+]1CCCC2(CCCCC2)C1. The van der Waals surface area contributed by atoms with Crippen molar-refractivity contribution in [2.75, 3.05) is 13.1 Å². The van der Waals surface area contributed by atoms with Crippen LogP contribution in [0.2, 0.25) is 0 Å². The summed E-state index contributed by atoms with van der Waals surface area (Å²) in [6, 6.07) is 0.980. The van der Waals surface area contributed by atoms with Crippen LogP contribution in [0.3, 0.4) is 0 Å². The predicted molar refractivity (Wildman–Crippen MR) is 103 cm³/mol. The van der Waals surface area contributed by atoms with Gasteiger partial charge in [0.2, 0.25) is 5.82 Å². The van der Waals surface area contributed by atoms with Crippen molar-refractivity contribution in [3.8, 4) is 0 Å². The minimum atomic E-state index is 0.450. The smallest absolute Gasteiger partial charge is 0.209 e. The van der Waals surface area contributed by atoms with Crippen LogP contribution in [-0.2, 0) is 0 Å². The molecule has 146 valence electrons. The van der Waals surface area contributed by atoms with E-state index in [1.54, 1.807) is 4.90 Å². The zero-order chi connectivity index (χ0) is 18.0. The molecule has 5 nitrogen and oxygen atoms in total. The molecule has 3 fully saturated rings. The number of nitrogens with one attached hydrogen (secondary N) is 1. The summed E-state index contributed by atoms with van der Waals surface area (Å²) in [7, 11) is 0. The lowest BCUT2D eigenvalue weighted by Gasteiger charge is -2.45. The van der Waals surface area contributed by atoms with Crippen molar-refractivity contribution in [1.82, 2.24) is 20.2 Å². The monoisotopic (exact) mass is 360 g/mol. The number of tetrazole rings is 1. The number of likely N-dealkylation sites (tertiary alicyclic amines) is 1. The van der Waals surface area contributed by atoms with Gasteiger partial charge in [-0.05, 0) is 49.0 Å². The summed E-state index contributed by atoms with van der Waals surface area (Å²) in [5.74, 6) is 1.76. The largest absolute Gasteiger partial charge is 0.325 e. The molecule has 0 amide bonds. The van der Waals surface area contributed by atoms with Crippen molar-refractivity contribution >= 4 is 0 Å². The van der Waals surface area contributed by atoms with Gasteiger partial charge in [0.15, 0.2) is 6.04 Å². The first-order valence-electron chi connectivity index (χ1n) is 11.3. The maximum absolute atomic E-state index is 4.60. The third-order valence-electron chi connectivity index (χ3n) is 7.54. The molecule has 26 heavy (non-hydrogen) atoms. The number of piperidine rings is 1. The van der Waals surface area contributed by atoms with E-state index in [0.29, 0.717) is 23.4 Å². The highest BCUT2D eigenvalue weighted by Crippen LogP contribution is 2.41. The Morgan fingerprint density at radius 1 is 0.962 bits per heavy atom. The highest BCUT2D eigenvalue weighted by atomic mass is 15.6. The van der Waals surface area contributed by atoms with Gasteiger partial charge in [0.05, 0.1) is 19.1 Å². The molecule has 1 aromatic heterocycles. The van der Waals surface area contributed by atoms with Crippen LogP contribution in [0.4, 0.5) is 0 Å². The zero-order valence-electron chi connectivity index (χ0n) is 16.9. The van der Waals surface area contributed by atoms with Gasteiger partial charge in [0.1, 0.15) is 0 Å². The second-order valence-corrected chi connectivity index (χ2v) is 9.74. The van der Waals surface area contributed by atoms with E-state index in [2.05, 4.69) is 34.1 Å². The van der Waals surface area contributed by atoms with Crippen molar-refractivity contribution in [1.29, 1.82) is 0 Å². The van der Waals surface area contributed by atoms with E-state index in [1.807, 2.05) is 0 Å². The first-order chi connectivity index (χ1) is 12.7. The molecule has 5 heteroatoms. The Balaban J connectivity index is 1.57. The van der Waals surface area contributed by atoms with E-state index in [-0.39, 0.29) is 0 Å². The molecule has 1 N–H and O–H groups in total. The molecule has 3 aliphatic rings. The molecular weight excluding hydrogens is 322 g/mol. The topological polar surface area (TPSA) is 48.0 Å². The van der Waals surface area contributed by atoms with Crippen molar-refractivity contribution < 1.29 is 4.90 Å². The van der Waals surface area contributed by atoms with Gasteiger partial charge in [-0.2, -0.15) is 0 Å². The average molecular weight is 361 g/mol. The highest BCUT2D eigenvalue weighted by Gasteiger charge is 2.44. The third-order valence-corrected chi connectivity index (χ3v) is 7.54. The molecule has 0 aromatic carbocycles. The van der Waals surface area contributed by atoms with E-state index in [4.69, 9.17) is 0 Å². The molecule has 1 aromatic rings. The Bertz CT molecular complexity index is 563. The number of quaternary nitrogens is 1. The summed E-state index contributed by atoms with van der Waals surface area (Å²) < 4.78 is 2.24. The van der Waals surface area contributed by atoms with Crippen LogP contribution in [0.25, 0.3) is 0 Å². The summed E-state index contributed by atoms with van der Waals surface area (Å²) in [5, 5.41) is 13.2. The Morgan fingerprint density at radius 2 is 1.65 bits per heavy atom. The Morgan fingerprint density at radius 3 is 2.38 bits per heavy atom. The lowest BCUT2D eigenvalue weighted by Crippen LogP contribution is -3.15. The van der Waals surface area contributed by atoms with E-state index in [1.165, 1.54) is 96.0 Å². The predicted octanol–water partition coefficient (Wildman–Crippen LogP) is 3.50. The van der Waals surface area contributed by atoms with Crippen LogP contribution >= 0.6 is 0 Å². The fourth-order valence-electron chi connectivity index (χ4n) is 6.29. The van der Waals surface area contributed by atoms with E-state index in [9.17, 15) is 0 Å². The maximum atomic E-state index is 4.60. The third kappa shape index (κ3) is 3.69. The highest BCUT2D eigenvalue weighted by molar-refractivity contribution is 4.94. The van der Waals surface area contributed by atoms with E-state index >= 15 is 0 Å². The van der Waals surface area contributed by atoms with E-state index in [0.717, 1.165) is 0 Å². The lowest BCUT2D eigenvalue weighted by atomic mass is 9.69. The summed E-state index contributed by atoms with van der Waals surface area (Å²) in [6.45, 7) is 7.38. The second kappa shape index (κ2) is 7.95. The van der Waals surface area contributed by atoms with Gasteiger partial charge >= 0.3 is 0 Å². The zero-order valence-corrected chi connectivity index (χ0v) is 16.9. The first-order valence-corrected chi connectivity index (χ1v) is 11.3. The Labute approximate surface area is 158 Å². The molecule has 1 spiro atoms. The number of aromatic nitrogens is 4. The summed E-state index contributed by atoms with van der Waals surface area (Å²) in [5.41, 5.74) is 0.613. The molecule has 1 unspecified atom stereocenters. The number of rotatable bonds is 4. The molecule has 2 heterocycles. The van der Waals surface area contributed by atoms with Gasteiger partial charge in [-0.25, -0.2) is 4.68 Å². The van der Waals surface area contributed by atoms with Crippen molar-refractivity contribution in [2.45, 2.75) is 103 Å². The van der Waals surface area contributed by atoms with Crippen LogP contribution in [0, 0.1) is 11.3 Å². The Kier molecular flexibility index (Phi) is 5.63. The fraction of sp³-hybridized carbons (Fsp3) is 0.952. The van der Waals surface area contributed by atoms with Gasteiger partial charge in [-0.3, -0.25) is 0 Å². The van der Waals surface area contributed by atoms with Crippen LogP contribution < -0.4 is 4.90 Å². The number of nitrogens with zero attached hydrogens (tertiary/aromatic N) is 4. The van der Waals surface area contributed by atoms with Gasteiger partial charge in [0, 0.05) is 11.3 Å². The lowest BCUT2D eigenvalue weighted by molar-refractivity contribution is -0.948. The molecular formula is C21H38N5+. The summed E-state index contributed by atoms with van der Waals surface area (Å²) >= 11 is 0. The molecule has 2 aliphatic carbocycles. The molecule has 1 saturated heterocycles. The van der Waals surface area contributed by atoms with Crippen LogP contribution in [0.5, 0.6) is 0 Å². The van der Waals surface area contributed by atoms with Gasteiger partial charge in [-0.1, -0.05) is 52.4 Å². The normalized spacial score (nSPS) is 28.5. The Hall–Kier alpha value is -0.970. The molecule has 4 rings (SSSR count). The van der Waals surface area contributed by atoms with Crippen molar-refractivity contribution in [2.24, 2.45) is 11.3 Å². The second-order valence-electron chi connectivity index (χ2n) is 9.74. The van der Waals surface area contributed by atoms with Gasteiger partial charge in [-0.15, -0.1) is 5.10 Å². The van der Waals surface area contributed by atoms with Crippen LogP contribution in [-0.4, -0.2) is 33.3 Å². The summed E-state index contributed by atoms with van der Waals surface area (Å²) in [4.78, 5) is 1.76. The summed E-state index contributed by atoms with van der Waals surface area (Å²) in [6.07, 6.45) is 16.6. The molecule has 1 aliphatic heterocycles. The molecule has 0 radical (unpaired) electrons. The first kappa shape index (κ1) is 18.4. The molecule has 2 atom stereocenters. The number of hydrogen-bond donors (Lipinski definition) is 1. The minimum Gasteiger partial charge on any atom is -0.325 e. The standard InChI is InChI=1S/C21H37N5/c1-17(2)19(20-22-23-24-26(20)18-10-5-3-6-11-18)25-15-9-14-21(16-25)12-7-4-8-13-21/h17-19H,3-16H2,1-2H3/p+1/t19-/m0/s1. The maximum Gasteiger partial charge on any atom is 0.209 e. The average Bonchev–Trinajstić information content (AvgIpc) is 3.12. The minimum absolute atomic E-state index is 0.450. The van der Waals surface area contributed by atoms with Crippen molar-refractivity contribution in [3.05, 3.63) is 5.82 Å². The molecule has 2 saturated carbocycles.